The maximum Gasteiger partial charge on any atom is 0.320 e. The highest BCUT2D eigenvalue weighted by molar-refractivity contribution is 5.73. The van der Waals surface area contributed by atoms with Gasteiger partial charge in [-0.2, -0.15) is 0 Å². The summed E-state index contributed by atoms with van der Waals surface area (Å²) in [6.45, 7) is 7.47. The van der Waals surface area contributed by atoms with Crippen molar-refractivity contribution in [3.63, 3.8) is 0 Å². The van der Waals surface area contributed by atoms with Crippen LogP contribution in [0.2, 0.25) is 0 Å². The number of aliphatic carboxylic acids is 1. The topological polar surface area (TPSA) is 67.8 Å². The van der Waals surface area contributed by atoms with Crippen molar-refractivity contribution < 1.29 is 19.4 Å². The molecule has 1 unspecified atom stereocenters. The second kappa shape index (κ2) is 7.07. The van der Waals surface area contributed by atoms with Gasteiger partial charge in [-0.05, 0) is 40.0 Å². The molecule has 0 aromatic carbocycles. The van der Waals surface area contributed by atoms with Gasteiger partial charge in [-0.15, -0.1) is 0 Å². The van der Waals surface area contributed by atoms with Crippen molar-refractivity contribution in [1.29, 1.82) is 0 Å². The van der Waals surface area contributed by atoms with Crippen molar-refractivity contribution in [3.05, 3.63) is 0 Å². The molecule has 18 heavy (non-hydrogen) atoms. The van der Waals surface area contributed by atoms with E-state index in [2.05, 4.69) is 5.32 Å². The summed E-state index contributed by atoms with van der Waals surface area (Å²) in [4.78, 5) is 11.0. The molecular weight excluding hydrogens is 234 g/mol. The first-order valence-electron chi connectivity index (χ1n) is 6.59. The third-order valence-electron chi connectivity index (χ3n) is 2.63. The molecule has 0 radical (unpaired) electrons. The van der Waals surface area contributed by atoms with Gasteiger partial charge in [0.2, 0.25) is 0 Å². The minimum Gasteiger partial charge on any atom is -0.480 e. The zero-order valence-corrected chi connectivity index (χ0v) is 11.6. The van der Waals surface area contributed by atoms with Crippen LogP contribution in [-0.2, 0) is 14.3 Å². The molecule has 1 aliphatic carbocycles. The van der Waals surface area contributed by atoms with Crippen LogP contribution in [0.5, 0.6) is 0 Å². The van der Waals surface area contributed by atoms with Crippen LogP contribution < -0.4 is 5.32 Å². The van der Waals surface area contributed by atoms with E-state index in [0.29, 0.717) is 32.3 Å². The molecule has 1 rings (SSSR count). The van der Waals surface area contributed by atoms with Crippen LogP contribution in [0, 0.1) is 0 Å². The summed E-state index contributed by atoms with van der Waals surface area (Å²) in [5.41, 5.74) is -0.152. The SMILES string of the molecule is CC(C)(C)OCCOCCC(NC1CC1)C(=O)O. The van der Waals surface area contributed by atoms with Crippen LogP contribution in [0.15, 0.2) is 0 Å². The Morgan fingerprint density at radius 2 is 2.00 bits per heavy atom. The molecule has 5 heteroatoms. The molecular formula is C13H25NO4. The lowest BCUT2D eigenvalue weighted by molar-refractivity contribution is -0.140. The monoisotopic (exact) mass is 259 g/mol. The average Bonchev–Trinajstić information content (AvgIpc) is 3.03. The summed E-state index contributed by atoms with van der Waals surface area (Å²) in [6, 6.07) is -0.0867. The molecule has 0 spiro atoms. The lowest BCUT2D eigenvalue weighted by Gasteiger charge is -2.19. The number of hydrogen-bond acceptors (Lipinski definition) is 4. The predicted octanol–water partition coefficient (Wildman–Crippen LogP) is 1.41. The normalized spacial score (nSPS) is 17.7. The quantitative estimate of drug-likeness (QED) is 0.613. The van der Waals surface area contributed by atoms with E-state index in [9.17, 15) is 4.79 Å². The van der Waals surface area contributed by atoms with E-state index < -0.39 is 12.0 Å². The molecule has 0 saturated heterocycles. The molecule has 0 aromatic heterocycles. The lowest BCUT2D eigenvalue weighted by atomic mass is 10.2. The van der Waals surface area contributed by atoms with E-state index in [1.54, 1.807) is 0 Å². The van der Waals surface area contributed by atoms with E-state index in [-0.39, 0.29) is 5.60 Å². The molecule has 1 fully saturated rings. The van der Waals surface area contributed by atoms with Gasteiger partial charge < -0.3 is 19.9 Å². The number of hydrogen-bond donors (Lipinski definition) is 2. The van der Waals surface area contributed by atoms with Crippen molar-refractivity contribution in [2.45, 2.75) is 57.7 Å². The van der Waals surface area contributed by atoms with E-state index >= 15 is 0 Å². The van der Waals surface area contributed by atoms with Crippen molar-refractivity contribution in [2.75, 3.05) is 19.8 Å². The molecule has 1 saturated carbocycles. The molecule has 0 aliphatic heterocycles. The smallest absolute Gasteiger partial charge is 0.320 e. The molecule has 0 bridgehead atoms. The molecule has 0 aromatic rings. The summed E-state index contributed by atoms with van der Waals surface area (Å²) in [7, 11) is 0. The first-order valence-corrected chi connectivity index (χ1v) is 6.59. The molecule has 106 valence electrons. The molecule has 1 aliphatic rings. The number of rotatable bonds is 9. The van der Waals surface area contributed by atoms with E-state index in [4.69, 9.17) is 14.6 Å². The van der Waals surface area contributed by atoms with Gasteiger partial charge in [0.15, 0.2) is 0 Å². The third kappa shape index (κ3) is 7.63. The Morgan fingerprint density at radius 1 is 1.33 bits per heavy atom. The van der Waals surface area contributed by atoms with Crippen molar-refractivity contribution >= 4 is 5.97 Å². The maximum absolute atomic E-state index is 11.0. The minimum atomic E-state index is -0.795. The highest BCUT2D eigenvalue weighted by Gasteiger charge is 2.27. The van der Waals surface area contributed by atoms with Crippen LogP contribution in [0.1, 0.15) is 40.0 Å². The largest absolute Gasteiger partial charge is 0.480 e. The zero-order chi connectivity index (χ0) is 13.6. The molecule has 0 amide bonds. The van der Waals surface area contributed by atoms with Gasteiger partial charge in [0.1, 0.15) is 6.04 Å². The van der Waals surface area contributed by atoms with E-state index in [1.165, 1.54) is 0 Å². The van der Waals surface area contributed by atoms with E-state index in [0.717, 1.165) is 12.8 Å². The number of ether oxygens (including phenoxy) is 2. The summed E-state index contributed by atoms with van der Waals surface area (Å²) in [6.07, 6.45) is 2.68. The fraction of sp³-hybridized carbons (Fsp3) is 0.923. The molecule has 0 heterocycles. The summed E-state index contributed by atoms with van der Waals surface area (Å²) in [5, 5.41) is 12.1. The van der Waals surface area contributed by atoms with Gasteiger partial charge in [-0.25, -0.2) is 0 Å². The Hall–Kier alpha value is -0.650. The summed E-state index contributed by atoms with van der Waals surface area (Å²) in [5.74, 6) is -0.795. The van der Waals surface area contributed by atoms with Crippen molar-refractivity contribution in [2.24, 2.45) is 0 Å². The summed E-state index contributed by atoms with van der Waals surface area (Å²) < 4.78 is 10.9. The summed E-state index contributed by atoms with van der Waals surface area (Å²) >= 11 is 0. The highest BCUT2D eigenvalue weighted by atomic mass is 16.5. The molecule has 5 nitrogen and oxygen atoms in total. The standard InChI is InChI=1S/C13H25NO4/c1-13(2,3)18-9-8-17-7-6-11(12(15)16)14-10-4-5-10/h10-11,14H,4-9H2,1-3H3,(H,15,16). The highest BCUT2D eigenvalue weighted by Crippen LogP contribution is 2.20. The van der Waals surface area contributed by atoms with Gasteiger partial charge in [-0.3, -0.25) is 4.79 Å². The minimum absolute atomic E-state index is 0.152. The fourth-order valence-electron chi connectivity index (χ4n) is 1.52. The second-order valence-electron chi connectivity index (χ2n) is 5.69. The number of carboxylic acids is 1. The Bertz CT molecular complexity index is 258. The Morgan fingerprint density at radius 3 is 2.50 bits per heavy atom. The third-order valence-corrected chi connectivity index (χ3v) is 2.63. The number of carboxylic acid groups (broad SMARTS) is 1. The van der Waals surface area contributed by atoms with E-state index in [1.807, 2.05) is 20.8 Å². The number of carbonyl (C=O) groups is 1. The average molecular weight is 259 g/mol. The van der Waals surface area contributed by atoms with Crippen molar-refractivity contribution in [3.8, 4) is 0 Å². The Balaban J connectivity index is 2.02. The first kappa shape index (κ1) is 15.4. The van der Waals surface area contributed by atoms with Crippen molar-refractivity contribution in [1.82, 2.24) is 5.32 Å². The molecule has 1 atom stereocenters. The second-order valence-corrected chi connectivity index (χ2v) is 5.69. The zero-order valence-electron chi connectivity index (χ0n) is 11.6. The first-order chi connectivity index (χ1) is 8.38. The van der Waals surface area contributed by atoms with Gasteiger partial charge in [0.05, 0.1) is 18.8 Å². The predicted molar refractivity (Wildman–Crippen MR) is 68.7 cm³/mol. The van der Waals surface area contributed by atoms with Crippen LogP contribution in [0.3, 0.4) is 0 Å². The van der Waals surface area contributed by atoms with Crippen LogP contribution in [0.4, 0.5) is 0 Å². The van der Waals surface area contributed by atoms with Gasteiger partial charge in [0.25, 0.3) is 0 Å². The van der Waals surface area contributed by atoms with Gasteiger partial charge >= 0.3 is 5.97 Å². The fourth-order valence-corrected chi connectivity index (χ4v) is 1.52. The number of nitrogens with one attached hydrogen (secondary N) is 1. The lowest BCUT2D eigenvalue weighted by Crippen LogP contribution is -2.39. The Kier molecular flexibility index (Phi) is 6.05. The van der Waals surface area contributed by atoms with Crippen LogP contribution >= 0.6 is 0 Å². The van der Waals surface area contributed by atoms with Crippen LogP contribution in [0.25, 0.3) is 0 Å². The van der Waals surface area contributed by atoms with Crippen LogP contribution in [-0.4, -0.2) is 48.6 Å². The Labute approximate surface area is 109 Å². The maximum atomic E-state index is 11.0. The van der Waals surface area contributed by atoms with Gasteiger partial charge in [-0.1, -0.05) is 0 Å². The molecule has 2 N–H and O–H groups in total. The van der Waals surface area contributed by atoms with Gasteiger partial charge in [0, 0.05) is 12.6 Å².